The van der Waals surface area contributed by atoms with Crippen LogP contribution in [0.4, 0.5) is 5.82 Å². The van der Waals surface area contributed by atoms with E-state index in [1.165, 1.54) is 0 Å². The maximum absolute atomic E-state index is 5.82. The van der Waals surface area contributed by atoms with E-state index in [9.17, 15) is 0 Å². The number of nitrogens with one attached hydrogen (secondary N) is 2. The predicted octanol–water partition coefficient (Wildman–Crippen LogP) is 1.64. The minimum Gasteiger partial charge on any atom is -0.376 e. The Morgan fingerprint density at radius 2 is 2.28 bits per heavy atom. The van der Waals surface area contributed by atoms with Gasteiger partial charge in [0.15, 0.2) is 0 Å². The summed E-state index contributed by atoms with van der Waals surface area (Å²) in [6.07, 6.45) is 4.69. The number of nitrogens with zero attached hydrogens (tertiary/aromatic N) is 2. The van der Waals surface area contributed by atoms with Crippen molar-refractivity contribution >= 4 is 5.82 Å². The molecule has 1 saturated heterocycles. The molecule has 5 heteroatoms. The number of aromatic nitrogens is 2. The second-order valence-electron chi connectivity index (χ2n) is 5.02. The van der Waals surface area contributed by atoms with Gasteiger partial charge in [-0.25, -0.2) is 0 Å². The highest BCUT2D eigenvalue weighted by Crippen LogP contribution is 2.09. The monoisotopic (exact) mass is 252 g/mol. The summed E-state index contributed by atoms with van der Waals surface area (Å²) in [5.41, 5.74) is 0. The molecule has 0 aliphatic carbocycles. The molecule has 1 aliphatic rings. The van der Waals surface area contributed by atoms with E-state index < -0.39 is 0 Å². The quantitative estimate of drug-likeness (QED) is 0.756. The molecule has 0 saturated carbocycles. The van der Waals surface area contributed by atoms with Gasteiger partial charge in [-0.3, -0.25) is 4.68 Å². The molecule has 1 aromatic heterocycles. The first-order valence-electron chi connectivity index (χ1n) is 6.87. The van der Waals surface area contributed by atoms with Crippen LogP contribution < -0.4 is 10.6 Å². The molecule has 0 aromatic carbocycles. The van der Waals surface area contributed by atoms with Gasteiger partial charge in [-0.2, -0.15) is 5.10 Å². The second kappa shape index (κ2) is 6.75. The van der Waals surface area contributed by atoms with Crippen LogP contribution in [0.15, 0.2) is 12.3 Å². The number of rotatable bonds is 6. The highest BCUT2D eigenvalue weighted by atomic mass is 16.5. The summed E-state index contributed by atoms with van der Waals surface area (Å²) in [5.74, 6) is 0.928. The Balaban J connectivity index is 1.62. The molecule has 0 bridgehead atoms. The largest absolute Gasteiger partial charge is 0.376 e. The average Bonchev–Trinajstić information content (AvgIpc) is 2.85. The van der Waals surface area contributed by atoms with Crippen LogP contribution in [0.3, 0.4) is 0 Å². The molecule has 2 N–H and O–H groups in total. The Morgan fingerprint density at radius 3 is 2.94 bits per heavy atom. The third kappa shape index (κ3) is 3.99. The summed E-state index contributed by atoms with van der Waals surface area (Å²) >= 11 is 0. The lowest BCUT2D eigenvalue weighted by molar-refractivity contribution is 0.0394. The van der Waals surface area contributed by atoms with Gasteiger partial charge in [-0.05, 0) is 39.8 Å². The zero-order valence-electron chi connectivity index (χ0n) is 11.4. The number of anilines is 1. The number of ether oxygens (including phenoxy) is 1. The molecular weight excluding hydrogens is 228 g/mol. The number of piperidine rings is 1. The van der Waals surface area contributed by atoms with Crippen molar-refractivity contribution in [3.63, 3.8) is 0 Å². The Kier molecular flexibility index (Phi) is 5.01. The van der Waals surface area contributed by atoms with Gasteiger partial charge in [0.2, 0.25) is 0 Å². The van der Waals surface area contributed by atoms with Crippen molar-refractivity contribution in [2.45, 2.75) is 38.8 Å². The van der Waals surface area contributed by atoms with Gasteiger partial charge in [0, 0.05) is 24.8 Å². The van der Waals surface area contributed by atoms with E-state index in [0.29, 0.717) is 12.1 Å². The minimum absolute atomic E-state index is 0.409. The predicted molar refractivity (Wildman–Crippen MR) is 72.9 cm³/mol. The lowest BCUT2D eigenvalue weighted by atomic mass is 10.1. The van der Waals surface area contributed by atoms with E-state index in [0.717, 1.165) is 44.9 Å². The van der Waals surface area contributed by atoms with Crippen LogP contribution in [0.5, 0.6) is 0 Å². The van der Waals surface area contributed by atoms with E-state index in [4.69, 9.17) is 4.74 Å². The molecule has 0 spiro atoms. The van der Waals surface area contributed by atoms with Crippen molar-refractivity contribution in [1.82, 2.24) is 15.1 Å². The zero-order valence-corrected chi connectivity index (χ0v) is 11.4. The van der Waals surface area contributed by atoms with Gasteiger partial charge in [-0.1, -0.05) is 0 Å². The van der Waals surface area contributed by atoms with Gasteiger partial charge in [0.25, 0.3) is 0 Å². The lowest BCUT2D eigenvalue weighted by Gasteiger charge is -2.22. The standard InChI is InChI=1S/C13H24N4O/c1-11(2)17-9-5-13(16-17)15-8-10-18-12-3-6-14-7-4-12/h5,9,11-12,14H,3-4,6-8,10H2,1-2H3,(H,15,16). The normalized spacial score (nSPS) is 17.3. The van der Waals surface area contributed by atoms with Crippen LogP contribution in [0, 0.1) is 0 Å². The molecule has 1 fully saturated rings. The highest BCUT2D eigenvalue weighted by Gasteiger charge is 2.12. The fraction of sp³-hybridized carbons (Fsp3) is 0.769. The van der Waals surface area contributed by atoms with Crippen molar-refractivity contribution in [2.75, 3.05) is 31.6 Å². The molecule has 0 radical (unpaired) electrons. The van der Waals surface area contributed by atoms with Crippen molar-refractivity contribution in [3.8, 4) is 0 Å². The first-order chi connectivity index (χ1) is 8.75. The smallest absolute Gasteiger partial charge is 0.148 e. The summed E-state index contributed by atoms with van der Waals surface area (Å²) < 4.78 is 7.78. The molecule has 0 atom stereocenters. The van der Waals surface area contributed by atoms with Crippen molar-refractivity contribution < 1.29 is 4.74 Å². The van der Waals surface area contributed by atoms with Crippen LogP contribution in [0.1, 0.15) is 32.7 Å². The van der Waals surface area contributed by atoms with Crippen LogP contribution in [-0.4, -0.2) is 42.1 Å². The molecule has 18 heavy (non-hydrogen) atoms. The fourth-order valence-corrected chi connectivity index (χ4v) is 2.09. The van der Waals surface area contributed by atoms with Crippen molar-refractivity contribution in [2.24, 2.45) is 0 Å². The van der Waals surface area contributed by atoms with E-state index >= 15 is 0 Å². The Labute approximate surface area is 109 Å². The van der Waals surface area contributed by atoms with Gasteiger partial charge in [0.1, 0.15) is 5.82 Å². The van der Waals surface area contributed by atoms with Gasteiger partial charge in [-0.15, -0.1) is 0 Å². The summed E-state index contributed by atoms with van der Waals surface area (Å²) in [6.45, 7) is 7.97. The van der Waals surface area contributed by atoms with E-state index in [1.807, 2.05) is 16.9 Å². The molecule has 2 rings (SSSR count). The minimum atomic E-state index is 0.409. The van der Waals surface area contributed by atoms with Crippen molar-refractivity contribution in [3.05, 3.63) is 12.3 Å². The van der Waals surface area contributed by atoms with E-state index in [1.54, 1.807) is 0 Å². The molecule has 2 heterocycles. The molecule has 1 aromatic rings. The first-order valence-corrected chi connectivity index (χ1v) is 6.87. The Morgan fingerprint density at radius 1 is 1.50 bits per heavy atom. The third-order valence-electron chi connectivity index (χ3n) is 3.19. The summed E-state index contributed by atoms with van der Waals surface area (Å²) in [7, 11) is 0. The molecule has 1 aliphatic heterocycles. The topological polar surface area (TPSA) is 51.1 Å². The zero-order chi connectivity index (χ0) is 12.8. The molecule has 0 amide bonds. The van der Waals surface area contributed by atoms with Crippen LogP contribution in [0.25, 0.3) is 0 Å². The van der Waals surface area contributed by atoms with Crippen LogP contribution >= 0.6 is 0 Å². The summed E-state index contributed by atoms with van der Waals surface area (Å²) in [6, 6.07) is 2.41. The maximum atomic E-state index is 5.82. The Hall–Kier alpha value is -1.07. The molecular formula is C13H24N4O. The van der Waals surface area contributed by atoms with Crippen LogP contribution in [-0.2, 0) is 4.74 Å². The summed E-state index contributed by atoms with van der Waals surface area (Å²) in [5, 5.41) is 11.1. The molecule has 0 unspecified atom stereocenters. The highest BCUT2D eigenvalue weighted by molar-refractivity contribution is 5.31. The van der Waals surface area contributed by atoms with Gasteiger partial charge < -0.3 is 15.4 Å². The SMILES string of the molecule is CC(C)n1ccc(NCCOC2CCNCC2)n1. The molecule has 102 valence electrons. The van der Waals surface area contributed by atoms with Gasteiger partial charge >= 0.3 is 0 Å². The maximum Gasteiger partial charge on any atom is 0.148 e. The van der Waals surface area contributed by atoms with Gasteiger partial charge in [0.05, 0.1) is 12.7 Å². The van der Waals surface area contributed by atoms with Crippen LogP contribution in [0.2, 0.25) is 0 Å². The third-order valence-corrected chi connectivity index (χ3v) is 3.19. The summed E-state index contributed by atoms with van der Waals surface area (Å²) in [4.78, 5) is 0. The average molecular weight is 252 g/mol. The first kappa shape index (κ1) is 13.4. The van der Waals surface area contributed by atoms with E-state index in [-0.39, 0.29) is 0 Å². The second-order valence-corrected chi connectivity index (χ2v) is 5.02. The lowest BCUT2D eigenvalue weighted by Crippen LogP contribution is -2.33. The number of hydrogen-bond acceptors (Lipinski definition) is 4. The molecule has 5 nitrogen and oxygen atoms in total. The number of hydrogen-bond donors (Lipinski definition) is 2. The Bertz CT molecular complexity index is 345. The van der Waals surface area contributed by atoms with Crippen molar-refractivity contribution in [1.29, 1.82) is 0 Å². The van der Waals surface area contributed by atoms with E-state index in [2.05, 4.69) is 29.6 Å². The fourth-order valence-electron chi connectivity index (χ4n) is 2.09.